The van der Waals surface area contributed by atoms with Gasteiger partial charge in [-0.1, -0.05) is 23.7 Å². The van der Waals surface area contributed by atoms with Crippen molar-refractivity contribution in [1.29, 1.82) is 0 Å². The van der Waals surface area contributed by atoms with Gasteiger partial charge < -0.3 is 9.47 Å². The normalized spacial score (nSPS) is 21.7. The molecule has 0 radical (unpaired) electrons. The van der Waals surface area contributed by atoms with Crippen molar-refractivity contribution in [3.8, 4) is 0 Å². The predicted octanol–water partition coefficient (Wildman–Crippen LogP) is 2.51. The Balaban J connectivity index is 2.28. The van der Waals surface area contributed by atoms with Crippen LogP contribution in [-0.2, 0) is 14.3 Å². The Labute approximate surface area is 108 Å². The number of esters is 1. The number of carbonyl (C=O) groups excluding carboxylic acids is 1. The van der Waals surface area contributed by atoms with Crippen LogP contribution in [0.3, 0.4) is 0 Å². The lowest BCUT2D eigenvalue weighted by Crippen LogP contribution is -2.26. The highest BCUT2D eigenvalue weighted by atomic mass is 35.5. The van der Waals surface area contributed by atoms with Crippen molar-refractivity contribution < 1.29 is 18.7 Å². The molecule has 0 spiro atoms. The summed E-state index contributed by atoms with van der Waals surface area (Å²) in [6.07, 6.45) is 0.301. The third kappa shape index (κ3) is 2.31. The molecule has 2 unspecified atom stereocenters. The van der Waals surface area contributed by atoms with Crippen molar-refractivity contribution in [2.45, 2.75) is 19.1 Å². The van der Waals surface area contributed by atoms with Gasteiger partial charge in [-0.15, -0.1) is 0 Å². The quantitative estimate of drug-likeness (QED) is 0.794. The number of hydrogen-bond donors (Lipinski definition) is 0. The molecule has 1 aromatic carbocycles. The molecule has 2 atom stereocenters. The monoisotopic (exact) mass is 271 g/mol. The molecular formula is C12H11ClFNO3. The number of aliphatic imine (C=N–C) groups is 1. The smallest absolute Gasteiger partial charge is 0.335 e. The van der Waals surface area contributed by atoms with E-state index in [0.717, 1.165) is 6.40 Å². The number of carbonyl (C=O) groups is 1. The van der Waals surface area contributed by atoms with Crippen molar-refractivity contribution >= 4 is 24.0 Å². The molecule has 0 fully saturated rings. The third-order valence-electron chi connectivity index (χ3n) is 2.53. The molecule has 1 aliphatic rings. The van der Waals surface area contributed by atoms with E-state index in [1.165, 1.54) is 12.1 Å². The number of nitrogens with zero attached hydrogens (tertiary/aromatic N) is 1. The fourth-order valence-electron chi connectivity index (χ4n) is 1.71. The summed E-state index contributed by atoms with van der Waals surface area (Å²) in [6, 6.07) is 3.63. The summed E-state index contributed by atoms with van der Waals surface area (Å²) in [6.45, 7) is 1.92. The Morgan fingerprint density at radius 3 is 3.11 bits per heavy atom. The average Bonchev–Trinajstić information content (AvgIpc) is 2.82. The molecule has 0 saturated carbocycles. The first kappa shape index (κ1) is 12.8. The van der Waals surface area contributed by atoms with Gasteiger partial charge in [-0.3, -0.25) is 0 Å². The molecule has 0 aliphatic carbocycles. The van der Waals surface area contributed by atoms with E-state index in [2.05, 4.69) is 4.99 Å². The highest BCUT2D eigenvalue weighted by Crippen LogP contribution is 2.32. The van der Waals surface area contributed by atoms with Crippen molar-refractivity contribution in [3.05, 3.63) is 34.6 Å². The van der Waals surface area contributed by atoms with Crippen LogP contribution in [0.4, 0.5) is 4.39 Å². The van der Waals surface area contributed by atoms with Crippen LogP contribution in [0.25, 0.3) is 0 Å². The van der Waals surface area contributed by atoms with E-state index in [1.807, 2.05) is 0 Å². The average molecular weight is 272 g/mol. The molecule has 0 aromatic heterocycles. The van der Waals surface area contributed by atoms with Crippen molar-refractivity contribution in [1.82, 2.24) is 0 Å². The molecule has 0 amide bonds. The first-order valence-electron chi connectivity index (χ1n) is 5.42. The second-order valence-electron chi connectivity index (χ2n) is 3.65. The summed E-state index contributed by atoms with van der Waals surface area (Å²) in [5.74, 6) is -1.15. The van der Waals surface area contributed by atoms with Crippen LogP contribution < -0.4 is 0 Å². The molecule has 6 heteroatoms. The SMILES string of the molecule is CCOC(=O)C1N=COC1c1cccc(Cl)c1F. The van der Waals surface area contributed by atoms with Gasteiger partial charge in [0.15, 0.2) is 18.5 Å². The summed E-state index contributed by atoms with van der Waals surface area (Å²) in [4.78, 5) is 15.5. The van der Waals surface area contributed by atoms with E-state index in [1.54, 1.807) is 13.0 Å². The van der Waals surface area contributed by atoms with E-state index in [-0.39, 0.29) is 17.2 Å². The zero-order valence-corrected chi connectivity index (χ0v) is 10.4. The Bertz CT molecular complexity index is 492. The standard InChI is InChI=1S/C12H11ClFNO3/c1-2-17-12(16)10-11(18-6-15-10)7-4-3-5-8(13)9(7)14/h3-6,10-11H,2H2,1H3. The number of ether oxygens (including phenoxy) is 2. The minimum absolute atomic E-state index is 0.0226. The van der Waals surface area contributed by atoms with Gasteiger partial charge in [-0.05, 0) is 13.0 Å². The predicted molar refractivity (Wildman–Crippen MR) is 64.1 cm³/mol. The maximum atomic E-state index is 13.9. The highest BCUT2D eigenvalue weighted by molar-refractivity contribution is 6.30. The number of benzene rings is 1. The van der Waals surface area contributed by atoms with Crippen LogP contribution in [0.1, 0.15) is 18.6 Å². The van der Waals surface area contributed by atoms with Crippen molar-refractivity contribution in [3.63, 3.8) is 0 Å². The topological polar surface area (TPSA) is 47.9 Å². The molecule has 0 saturated heterocycles. The van der Waals surface area contributed by atoms with E-state index in [0.29, 0.717) is 0 Å². The second kappa shape index (κ2) is 5.35. The third-order valence-corrected chi connectivity index (χ3v) is 2.82. The van der Waals surface area contributed by atoms with E-state index < -0.39 is 23.9 Å². The Morgan fingerprint density at radius 1 is 1.61 bits per heavy atom. The molecular weight excluding hydrogens is 261 g/mol. The zero-order valence-electron chi connectivity index (χ0n) is 9.60. The molecule has 1 aromatic rings. The maximum Gasteiger partial charge on any atom is 0.335 e. The van der Waals surface area contributed by atoms with Crippen LogP contribution in [0, 0.1) is 5.82 Å². The van der Waals surface area contributed by atoms with E-state index in [4.69, 9.17) is 21.1 Å². The Morgan fingerprint density at radius 2 is 2.39 bits per heavy atom. The Kier molecular flexibility index (Phi) is 3.81. The summed E-state index contributed by atoms with van der Waals surface area (Å²) in [7, 11) is 0. The molecule has 1 heterocycles. The lowest BCUT2D eigenvalue weighted by atomic mass is 10.0. The Hall–Kier alpha value is -1.62. The lowest BCUT2D eigenvalue weighted by molar-refractivity contribution is -0.146. The molecule has 2 rings (SSSR count). The molecule has 0 bridgehead atoms. The first-order valence-corrected chi connectivity index (χ1v) is 5.80. The first-order chi connectivity index (χ1) is 8.65. The van der Waals surface area contributed by atoms with E-state index in [9.17, 15) is 9.18 Å². The van der Waals surface area contributed by atoms with Crippen LogP contribution >= 0.6 is 11.6 Å². The summed E-state index contributed by atoms with van der Waals surface area (Å²) in [5.41, 5.74) is 0.193. The number of hydrogen-bond acceptors (Lipinski definition) is 4. The van der Waals surface area contributed by atoms with Gasteiger partial charge in [0.25, 0.3) is 0 Å². The van der Waals surface area contributed by atoms with Crippen LogP contribution in [-0.4, -0.2) is 25.0 Å². The van der Waals surface area contributed by atoms with Gasteiger partial charge in [0.05, 0.1) is 11.6 Å². The van der Waals surface area contributed by atoms with Crippen LogP contribution in [0.15, 0.2) is 23.2 Å². The van der Waals surface area contributed by atoms with E-state index >= 15 is 0 Å². The fraction of sp³-hybridized carbons (Fsp3) is 0.333. The molecule has 4 nitrogen and oxygen atoms in total. The summed E-state index contributed by atoms with van der Waals surface area (Å²) in [5, 5.41) is -0.0226. The molecule has 18 heavy (non-hydrogen) atoms. The molecule has 1 aliphatic heterocycles. The van der Waals surface area contributed by atoms with Gasteiger partial charge in [-0.25, -0.2) is 14.2 Å². The summed E-state index contributed by atoms with van der Waals surface area (Å²) < 4.78 is 23.9. The van der Waals surface area contributed by atoms with Crippen molar-refractivity contribution in [2.24, 2.45) is 4.99 Å². The largest absolute Gasteiger partial charge is 0.473 e. The lowest BCUT2D eigenvalue weighted by Gasteiger charge is -2.17. The van der Waals surface area contributed by atoms with Gasteiger partial charge in [0, 0.05) is 5.56 Å². The van der Waals surface area contributed by atoms with Crippen molar-refractivity contribution in [2.75, 3.05) is 6.61 Å². The van der Waals surface area contributed by atoms with Gasteiger partial charge in [0.2, 0.25) is 0 Å². The number of halogens is 2. The van der Waals surface area contributed by atoms with Crippen LogP contribution in [0.2, 0.25) is 5.02 Å². The van der Waals surface area contributed by atoms with Gasteiger partial charge in [-0.2, -0.15) is 0 Å². The number of rotatable bonds is 3. The summed E-state index contributed by atoms with van der Waals surface area (Å²) >= 11 is 5.69. The second-order valence-corrected chi connectivity index (χ2v) is 4.06. The maximum absolute atomic E-state index is 13.9. The van der Waals surface area contributed by atoms with Gasteiger partial charge in [0.1, 0.15) is 5.82 Å². The molecule has 0 N–H and O–H groups in total. The highest BCUT2D eigenvalue weighted by Gasteiger charge is 2.37. The zero-order chi connectivity index (χ0) is 13.1. The minimum atomic E-state index is -0.891. The van der Waals surface area contributed by atoms with Gasteiger partial charge >= 0.3 is 5.97 Å². The molecule has 96 valence electrons. The minimum Gasteiger partial charge on any atom is -0.473 e. The fourth-order valence-corrected chi connectivity index (χ4v) is 1.90. The van der Waals surface area contributed by atoms with Crippen LogP contribution in [0.5, 0.6) is 0 Å².